The van der Waals surface area contributed by atoms with Crippen molar-refractivity contribution in [1.29, 1.82) is 0 Å². The summed E-state index contributed by atoms with van der Waals surface area (Å²) >= 11 is 0. The lowest BCUT2D eigenvalue weighted by Gasteiger charge is -2.09. The molecule has 3 N–H and O–H groups in total. The maximum absolute atomic E-state index is 12.1. The second-order valence-corrected chi connectivity index (χ2v) is 6.67. The molecule has 7 nitrogen and oxygen atoms in total. The Morgan fingerprint density at radius 1 is 1.07 bits per heavy atom. The number of H-pyrrole nitrogens is 1. The molecule has 1 aromatic heterocycles. The fourth-order valence-corrected chi connectivity index (χ4v) is 2.93. The van der Waals surface area contributed by atoms with Gasteiger partial charge in [-0.1, -0.05) is 29.8 Å². The molecule has 0 atom stereocenters. The van der Waals surface area contributed by atoms with Gasteiger partial charge in [0.15, 0.2) is 0 Å². The van der Waals surface area contributed by atoms with Crippen LogP contribution in [0.25, 0.3) is 10.9 Å². The Bertz CT molecular complexity index is 1090. The number of nitrogens with zero attached hydrogens (tertiary/aromatic N) is 1. The number of carbonyl (C=O) groups is 2. The predicted molar refractivity (Wildman–Crippen MR) is 108 cm³/mol. The Morgan fingerprint density at radius 3 is 2.64 bits per heavy atom. The SMILES string of the molecule is Cc1ccc(NC(=O)CC(=O)NCCc2nc3ccccc3c(=O)[nH]2)c(C)c1. The van der Waals surface area contributed by atoms with Crippen molar-refractivity contribution in [2.45, 2.75) is 26.7 Å². The van der Waals surface area contributed by atoms with Gasteiger partial charge < -0.3 is 15.6 Å². The molecular formula is C21H22N4O3. The van der Waals surface area contributed by atoms with Gasteiger partial charge in [0.2, 0.25) is 11.8 Å². The van der Waals surface area contributed by atoms with E-state index in [1.54, 1.807) is 18.2 Å². The molecule has 1 heterocycles. The number of fused-ring (bicyclic) bond motifs is 1. The molecule has 0 fully saturated rings. The second-order valence-electron chi connectivity index (χ2n) is 6.67. The van der Waals surface area contributed by atoms with Gasteiger partial charge in [0, 0.05) is 18.7 Å². The summed E-state index contributed by atoms with van der Waals surface area (Å²) in [4.78, 5) is 43.2. The molecule has 0 aliphatic carbocycles. The van der Waals surface area contributed by atoms with E-state index in [-0.39, 0.29) is 30.3 Å². The molecule has 0 saturated carbocycles. The summed E-state index contributed by atoms with van der Waals surface area (Å²) in [5, 5.41) is 5.95. The van der Waals surface area contributed by atoms with E-state index in [1.807, 2.05) is 38.1 Å². The van der Waals surface area contributed by atoms with Crippen LogP contribution < -0.4 is 16.2 Å². The van der Waals surface area contributed by atoms with Crippen molar-refractivity contribution in [3.05, 3.63) is 69.8 Å². The molecule has 28 heavy (non-hydrogen) atoms. The number of aromatic nitrogens is 2. The van der Waals surface area contributed by atoms with Crippen LogP contribution in [0.15, 0.2) is 47.3 Å². The Hall–Kier alpha value is -3.48. The van der Waals surface area contributed by atoms with Gasteiger partial charge in [-0.15, -0.1) is 0 Å². The van der Waals surface area contributed by atoms with Crippen molar-refractivity contribution in [2.24, 2.45) is 0 Å². The first-order valence-electron chi connectivity index (χ1n) is 9.04. The van der Waals surface area contributed by atoms with Crippen LogP contribution in [0.1, 0.15) is 23.4 Å². The second kappa shape index (κ2) is 8.47. The van der Waals surface area contributed by atoms with E-state index in [4.69, 9.17) is 0 Å². The number of anilines is 1. The summed E-state index contributed by atoms with van der Waals surface area (Å²) in [6, 6.07) is 12.8. The van der Waals surface area contributed by atoms with Crippen LogP contribution >= 0.6 is 0 Å². The van der Waals surface area contributed by atoms with E-state index in [9.17, 15) is 14.4 Å². The molecule has 2 aromatic carbocycles. The maximum atomic E-state index is 12.1. The van der Waals surface area contributed by atoms with Crippen molar-refractivity contribution in [1.82, 2.24) is 15.3 Å². The van der Waals surface area contributed by atoms with E-state index in [0.717, 1.165) is 11.1 Å². The van der Waals surface area contributed by atoms with Gasteiger partial charge in [-0.05, 0) is 37.6 Å². The van der Waals surface area contributed by atoms with Crippen molar-refractivity contribution in [3.8, 4) is 0 Å². The number of nitrogens with one attached hydrogen (secondary N) is 3. The Balaban J connectivity index is 1.50. The fraction of sp³-hybridized carbons (Fsp3) is 0.238. The van der Waals surface area contributed by atoms with Gasteiger partial charge in [0.1, 0.15) is 12.2 Å². The monoisotopic (exact) mass is 378 g/mol. The average molecular weight is 378 g/mol. The molecular weight excluding hydrogens is 356 g/mol. The van der Waals surface area contributed by atoms with Crippen molar-refractivity contribution < 1.29 is 9.59 Å². The highest BCUT2D eigenvalue weighted by Gasteiger charge is 2.11. The van der Waals surface area contributed by atoms with Crippen molar-refractivity contribution >= 4 is 28.4 Å². The van der Waals surface area contributed by atoms with E-state index in [1.165, 1.54) is 0 Å². The molecule has 0 radical (unpaired) electrons. The summed E-state index contributed by atoms with van der Waals surface area (Å²) in [6.07, 6.45) is 0.0967. The zero-order valence-electron chi connectivity index (χ0n) is 15.8. The van der Waals surface area contributed by atoms with Gasteiger partial charge in [-0.3, -0.25) is 14.4 Å². The zero-order chi connectivity index (χ0) is 20.1. The molecule has 3 rings (SSSR count). The largest absolute Gasteiger partial charge is 0.355 e. The quantitative estimate of drug-likeness (QED) is 0.572. The van der Waals surface area contributed by atoms with Crippen molar-refractivity contribution in [3.63, 3.8) is 0 Å². The number of benzene rings is 2. The molecule has 144 valence electrons. The molecule has 2 amide bonds. The Kier molecular flexibility index (Phi) is 5.84. The summed E-state index contributed by atoms with van der Waals surface area (Å²) in [7, 11) is 0. The van der Waals surface area contributed by atoms with Gasteiger partial charge in [0.25, 0.3) is 5.56 Å². The molecule has 3 aromatic rings. The number of aromatic amines is 1. The third-order valence-corrected chi connectivity index (χ3v) is 4.32. The molecule has 0 spiro atoms. The van der Waals surface area contributed by atoms with Crippen LogP contribution in [0.4, 0.5) is 5.69 Å². The smallest absolute Gasteiger partial charge is 0.258 e. The van der Waals surface area contributed by atoms with Crippen LogP contribution in [-0.4, -0.2) is 28.3 Å². The minimum absolute atomic E-state index is 0.209. The van der Waals surface area contributed by atoms with Crippen LogP contribution in [0.3, 0.4) is 0 Å². The summed E-state index contributed by atoms with van der Waals surface area (Å²) < 4.78 is 0. The van der Waals surface area contributed by atoms with Crippen LogP contribution in [0.5, 0.6) is 0 Å². The predicted octanol–water partition coefficient (Wildman–Crippen LogP) is 2.23. The number of rotatable bonds is 6. The van der Waals surface area contributed by atoms with Crippen molar-refractivity contribution in [2.75, 3.05) is 11.9 Å². The molecule has 0 bridgehead atoms. The normalized spacial score (nSPS) is 10.6. The molecule has 0 aliphatic heterocycles. The number of hydrogen-bond donors (Lipinski definition) is 3. The summed E-state index contributed by atoms with van der Waals surface area (Å²) in [5.41, 5.74) is 3.15. The van der Waals surface area contributed by atoms with Gasteiger partial charge in [0.05, 0.1) is 10.9 Å². The van der Waals surface area contributed by atoms with Gasteiger partial charge in [-0.2, -0.15) is 0 Å². The zero-order valence-corrected chi connectivity index (χ0v) is 15.8. The summed E-state index contributed by atoms with van der Waals surface area (Å²) in [5.74, 6) is -0.268. The minimum atomic E-state index is -0.384. The lowest BCUT2D eigenvalue weighted by molar-refractivity contribution is -0.126. The lowest BCUT2D eigenvalue weighted by atomic mass is 10.1. The standard InChI is InChI=1S/C21H22N4O3/c1-13-7-8-16(14(2)11-13)24-20(27)12-19(26)22-10-9-18-23-17-6-4-3-5-15(17)21(28)25-18/h3-8,11H,9-10,12H2,1-2H3,(H,22,26)(H,24,27)(H,23,25,28). The Morgan fingerprint density at radius 2 is 1.86 bits per heavy atom. The number of carbonyl (C=O) groups excluding carboxylic acids is 2. The van der Waals surface area contributed by atoms with Crippen LogP contribution in [0, 0.1) is 13.8 Å². The number of amides is 2. The van der Waals surface area contributed by atoms with Gasteiger partial charge >= 0.3 is 0 Å². The third kappa shape index (κ3) is 4.82. The van der Waals surface area contributed by atoms with Gasteiger partial charge in [-0.25, -0.2) is 4.98 Å². The molecule has 7 heteroatoms. The number of aryl methyl sites for hydroxylation is 2. The first-order valence-corrected chi connectivity index (χ1v) is 9.04. The molecule has 0 saturated heterocycles. The highest BCUT2D eigenvalue weighted by Crippen LogP contribution is 2.16. The highest BCUT2D eigenvalue weighted by molar-refractivity contribution is 6.03. The molecule has 0 unspecified atom stereocenters. The Labute approximate surface area is 162 Å². The number of hydrogen-bond acceptors (Lipinski definition) is 4. The highest BCUT2D eigenvalue weighted by atomic mass is 16.2. The summed E-state index contributed by atoms with van der Waals surface area (Å²) in [6.45, 7) is 4.15. The first kappa shape index (κ1) is 19.3. The average Bonchev–Trinajstić information content (AvgIpc) is 2.64. The topological polar surface area (TPSA) is 104 Å². The first-order chi connectivity index (χ1) is 13.4. The van der Waals surface area contributed by atoms with Crippen LogP contribution in [-0.2, 0) is 16.0 Å². The number of para-hydroxylation sites is 1. The maximum Gasteiger partial charge on any atom is 0.258 e. The van der Waals surface area contributed by atoms with E-state index in [0.29, 0.717) is 28.8 Å². The van der Waals surface area contributed by atoms with Crippen LogP contribution in [0.2, 0.25) is 0 Å². The minimum Gasteiger partial charge on any atom is -0.355 e. The third-order valence-electron chi connectivity index (χ3n) is 4.32. The fourth-order valence-electron chi connectivity index (χ4n) is 2.93. The lowest BCUT2D eigenvalue weighted by Crippen LogP contribution is -2.30. The van der Waals surface area contributed by atoms with E-state index < -0.39 is 0 Å². The van der Waals surface area contributed by atoms with E-state index >= 15 is 0 Å². The van der Waals surface area contributed by atoms with E-state index in [2.05, 4.69) is 20.6 Å². The molecule has 0 aliphatic rings.